The molecule has 0 bridgehead atoms. The van der Waals surface area contributed by atoms with Crippen molar-refractivity contribution in [1.82, 2.24) is 4.90 Å². The molecule has 3 nitrogen and oxygen atoms in total. The zero-order valence-electron chi connectivity index (χ0n) is 12.0. The Labute approximate surface area is 121 Å². The average molecular weight is 277 g/mol. The quantitative estimate of drug-likeness (QED) is 0.858. The van der Waals surface area contributed by atoms with Crippen molar-refractivity contribution in [3.63, 3.8) is 0 Å². The van der Waals surface area contributed by atoms with Crippen molar-refractivity contribution in [2.75, 3.05) is 32.1 Å². The van der Waals surface area contributed by atoms with Crippen molar-refractivity contribution in [3.05, 3.63) is 29.3 Å². The van der Waals surface area contributed by atoms with E-state index in [2.05, 4.69) is 49.0 Å². The van der Waals surface area contributed by atoms with Gasteiger partial charge < -0.3 is 15.5 Å². The second-order valence-electron chi connectivity index (χ2n) is 5.55. The van der Waals surface area contributed by atoms with Crippen LogP contribution < -0.4 is 10.6 Å². The molecule has 1 aromatic carbocycles. The maximum Gasteiger partial charge on any atom is 0.106 e. The van der Waals surface area contributed by atoms with Gasteiger partial charge in [-0.2, -0.15) is 0 Å². The van der Waals surface area contributed by atoms with Gasteiger partial charge in [-0.15, -0.1) is 0 Å². The van der Waals surface area contributed by atoms with Crippen LogP contribution in [0.1, 0.15) is 24.0 Å². The lowest BCUT2D eigenvalue weighted by molar-refractivity contribution is 0.248. The Morgan fingerprint density at radius 1 is 1.47 bits per heavy atom. The van der Waals surface area contributed by atoms with E-state index in [0.29, 0.717) is 11.0 Å². The van der Waals surface area contributed by atoms with Crippen LogP contribution in [0.5, 0.6) is 0 Å². The van der Waals surface area contributed by atoms with Gasteiger partial charge in [-0.1, -0.05) is 23.8 Å². The van der Waals surface area contributed by atoms with Gasteiger partial charge >= 0.3 is 0 Å². The van der Waals surface area contributed by atoms with Gasteiger partial charge in [0.2, 0.25) is 0 Å². The van der Waals surface area contributed by atoms with Crippen molar-refractivity contribution in [1.29, 1.82) is 0 Å². The molecule has 4 heteroatoms. The van der Waals surface area contributed by atoms with E-state index in [9.17, 15) is 0 Å². The normalized spacial score (nSPS) is 20.3. The molecule has 2 N–H and O–H groups in total. The van der Waals surface area contributed by atoms with Crippen LogP contribution >= 0.6 is 12.2 Å². The minimum Gasteiger partial charge on any atom is -0.389 e. The molecule has 104 valence electrons. The molecule has 1 aliphatic rings. The molecule has 2 rings (SSSR count). The zero-order chi connectivity index (χ0) is 14.0. The molecule has 0 aromatic heterocycles. The third kappa shape index (κ3) is 3.25. The summed E-state index contributed by atoms with van der Waals surface area (Å²) in [6, 6.07) is 6.88. The first-order valence-corrected chi connectivity index (χ1v) is 7.21. The SMILES string of the molecule is Cc1ccc(N(C)C2CCCN(C)C2)c(C(N)=S)c1. The topological polar surface area (TPSA) is 32.5 Å². The van der Waals surface area contributed by atoms with Crippen LogP contribution in [-0.4, -0.2) is 43.1 Å². The number of thiocarbonyl (C=S) groups is 1. The van der Waals surface area contributed by atoms with Crippen molar-refractivity contribution < 1.29 is 0 Å². The van der Waals surface area contributed by atoms with Crippen LogP contribution in [0.15, 0.2) is 18.2 Å². The number of piperidine rings is 1. The van der Waals surface area contributed by atoms with Crippen LogP contribution in [0.25, 0.3) is 0 Å². The lowest BCUT2D eigenvalue weighted by Gasteiger charge is -2.38. The smallest absolute Gasteiger partial charge is 0.106 e. The summed E-state index contributed by atoms with van der Waals surface area (Å²) in [5.41, 5.74) is 9.21. The Morgan fingerprint density at radius 2 is 2.21 bits per heavy atom. The predicted octanol–water partition coefficient (Wildman–Crippen LogP) is 2.16. The van der Waals surface area contributed by atoms with E-state index in [1.54, 1.807) is 0 Å². The number of nitrogens with zero attached hydrogens (tertiary/aromatic N) is 2. The van der Waals surface area contributed by atoms with Gasteiger partial charge in [-0.05, 0) is 45.5 Å². The molecule has 0 aliphatic carbocycles. The number of anilines is 1. The number of hydrogen-bond acceptors (Lipinski definition) is 3. The molecule has 1 fully saturated rings. The number of nitrogens with two attached hydrogens (primary N) is 1. The minimum atomic E-state index is 0.481. The largest absolute Gasteiger partial charge is 0.389 e. The van der Waals surface area contributed by atoms with E-state index in [0.717, 1.165) is 17.8 Å². The molecule has 1 atom stereocenters. The van der Waals surface area contributed by atoms with Gasteiger partial charge in [0, 0.05) is 30.9 Å². The Kier molecular flexibility index (Phi) is 4.42. The number of aryl methyl sites for hydroxylation is 1. The molecular formula is C15H23N3S. The Morgan fingerprint density at radius 3 is 2.84 bits per heavy atom. The third-order valence-electron chi connectivity index (χ3n) is 3.94. The summed E-state index contributed by atoms with van der Waals surface area (Å²) in [4.78, 5) is 5.21. The van der Waals surface area contributed by atoms with Crippen LogP contribution in [-0.2, 0) is 0 Å². The summed E-state index contributed by atoms with van der Waals surface area (Å²) in [7, 11) is 4.33. The molecule has 1 aliphatic heterocycles. The van der Waals surface area contributed by atoms with Crippen molar-refractivity contribution in [2.24, 2.45) is 5.73 Å². The first kappa shape index (κ1) is 14.3. The van der Waals surface area contributed by atoms with Crippen molar-refractivity contribution >= 4 is 22.9 Å². The fourth-order valence-corrected chi connectivity index (χ4v) is 2.97. The molecular weight excluding hydrogens is 254 g/mol. The minimum absolute atomic E-state index is 0.481. The molecule has 0 radical (unpaired) electrons. The Bertz CT molecular complexity index is 472. The molecule has 1 aromatic rings. The highest BCUT2D eigenvalue weighted by molar-refractivity contribution is 7.80. The maximum absolute atomic E-state index is 5.87. The van der Waals surface area contributed by atoms with E-state index < -0.39 is 0 Å². The van der Waals surface area contributed by atoms with Gasteiger partial charge in [-0.25, -0.2) is 0 Å². The Balaban J connectivity index is 2.27. The van der Waals surface area contributed by atoms with Gasteiger partial charge in [0.05, 0.1) is 0 Å². The highest BCUT2D eigenvalue weighted by Gasteiger charge is 2.23. The average Bonchev–Trinajstić information content (AvgIpc) is 2.37. The van der Waals surface area contributed by atoms with Gasteiger partial charge in [0.25, 0.3) is 0 Å². The van der Waals surface area contributed by atoms with E-state index in [4.69, 9.17) is 18.0 Å². The Hall–Kier alpha value is -1.13. The number of rotatable bonds is 3. The second kappa shape index (κ2) is 5.88. The van der Waals surface area contributed by atoms with E-state index in [1.807, 2.05) is 0 Å². The maximum atomic E-state index is 5.87. The van der Waals surface area contributed by atoms with Crippen molar-refractivity contribution in [2.45, 2.75) is 25.8 Å². The van der Waals surface area contributed by atoms with E-state index in [1.165, 1.54) is 24.9 Å². The first-order valence-electron chi connectivity index (χ1n) is 6.81. The van der Waals surface area contributed by atoms with Crippen molar-refractivity contribution in [3.8, 4) is 0 Å². The summed E-state index contributed by atoms with van der Waals surface area (Å²) in [5, 5.41) is 0. The van der Waals surface area contributed by atoms with Gasteiger partial charge in [0.1, 0.15) is 4.99 Å². The summed E-state index contributed by atoms with van der Waals surface area (Å²) in [5.74, 6) is 0. The lowest BCUT2D eigenvalue weighted by atomic mass is 10.0. The predicted molar refractivity (Wildman–Crippen MR) is 86.0 cm³/mol. The third-order valence-corrected chi connectivity index (χ3v) is 4.16. The molecule has 0 amide bonds. The van der Waals surface area contributed by atoms with Crippen LogP contribution in [0.4, 0.5) is 5.69 Å². The standard InChI is InChI=1S/C15H23N3S/c1-11-6-7-14(13(9-11)15(16)19)18(3)12-5-4-8-17(2)10-12/h6-7,9,12H,4-5,8,10H2,1-3H3,(H2,16,19). The monoisotopic (exact) mass is 277 g/mol. The van der Waals surface area contributed by atoms with E-state index >= 15 is 0 Å². The lowest BCUT2D eigenvalue weighted by Crippen LogP contribution is -2.45. The van der Waals surface area contributed by atoms with Crippen LogP contribution in [0, 0.1) is 6.92 Å². The molecule has 1 heterocycles. The van der Waals surface area contributed by atoms with Crippen LogP contribution in [0.3, 0.4) is 0 Å². The summed E-state index contributed by atoms with van der Waals surface area (Å²) in [6.07, 6.45) is 2.48. The molecule has 0 spiro atoms. The highest BCUT2D eigenvalue weighted by Crippen LogP contribution is 2.25. The number of likely N-dealkylation sites (N-methyl/N-ethyl adjacent to an activating group) is 2. The summed E-state index contributed by atoms with van der Waals surface area (Å²) < 4.78 is 0. The fourth-order valence-electron chi connectivity index (χ4n) is 2.81. The highest BCUT2D eigenvalue weighted by atomic mass is 32.1. The number of likely N-dealkylation sites (tertiary alicyclic amines) is 1. The summed E-state index contributed by atoms with van der Waals surface area (Å²) in [6.45, 7) is 4.36. The van der Waals surface area contributed by atoms with Gasteiger partial charge in [0.15, 0.2) is 0 Å². The fraction of sp³-hybridized carbons (Fsp3) is 0.533. The molecule has 19 heavy (non-hydrogen) atoms. The number of benzene rings is 1. The molecule has 0 saturated carbocycles. The molecule has 1 unspecified atom stereocenters. The second-order valence-corrected chi connectivity index (χ2v) is 5.99. The summed E-state index contributed by atoms with van der Waals surface area (Å²) >= 11 is 5.19. The molecule has 1 saturated heterocycles. The zero-order valence-corrected chi connectivity index (χ0v) is 12.8. The van der Waals surface area contributed by atoms with Gasteiger partial charge in [-0.3, -0.25) is 0 Å². The first-order chi connectivity index (χ1) is 8.99. The van der Waals surface area contributed by atoms with Crippen LogP contribution in [0.2, 0.25) is 0 Å². The van der Waals surface area contributed by atoms with E-state index in [-0.39, 0.29) is 0 Å². The number of hydrogen-bond donors (Lipinski definition) is 1.